The van der Waals surface area contributed by atoms with E-state index in [4.69, 9.17) is 0 Å². The summed E-state index contributed by atoms with van der Waals surface area (Å²) in [6.07, 6.45) is 2.64. The molecular weight excluding hydrogens is 208 g/mol. The van der Waals surface area contributed by atoms with E-state index in [0.717, 1.165) is 12.5 Å². The molecule has 1 aromatic carbocycles. The van der Waals surface area contributed by atoms with Crippen LogP contribution in [0.15, 0.2) is 24.3 Å². The average molecular weight is 232 g/mol. The zero-order valence-corrected chi connectivity index (χ0v) is 11.2. The van der Waals surface area contributed by atoms with E-state index in [9.17, 15) is 0 Å². The van der Waals surface area contributed by atoms with Gasteiger partial charge in [-0.2, -0.15) is 0 Å². The molecule has 0 aliphatic carbocycles. The Bertz CT molecular complexity index is 354. The number of piperidine rings is 1. The smallest absolute Gasteiger partial charge is 0.0384 e. The average Bonchev–Trinajstić information content (AvgIpc) is 2.33. The van der Waals surface area contributed by atoms with Crippen LogP contribution in [0.1, 0.15) is 30.0 Å². The molecule has 0 bridgehead atoms. The largest absolute Gasteiger partial charge is 0.316 e. The topological polar surface area (TPSA) is 15.3 Å². The number of nitrogens with zero attached hydrogens (tertiary/aromatic N) is 1. The molecule has 2 nitrogen and oxygen atoms in total. The zero-order valence-electron chi connectivity index (χ0n) is 11.2. The highest BCUT2D eigenvalue weighted by Gasteiger charge is 2.27. The van der Waals surface area contributed by atoms with Crippen LogP contribution in [-0.2, 0) is 0 Å². The molecule has 0 aromatic heterocycles. The SMILES string of the molecule is Cc1ccccc1C(C1CCCNC1)N(C)C. The molecule has 17 heavy (non-hydrogen) atoms. The van der Waals surface area contributed by atoms with Gasteiger partial charge in [-0.25, -0.2) is 0 Å². The van der Waals surface area contributed by atoms with E-state index in [1.165, 1.54) is 30.5 Å². The summed E-state index contributed by atoms with van der Waals surface area (Å²) < 4.78 is 0. The van der Waals surface area contributed by atoms with Crippen LogP contribution in [0.4, 0.5) is 0 Å². The van der Waals surface area contributed by atoms with Crippen LogP contribution >= 0.6 is 0 Å². The van der Waals surface area contributed by atoms with Gasteiger partial charge in [-0.3, -0.25) is 0 Å². The monoisotopic (exact) mass is 232 g/mol. The molecule has 1 aromatic rings. The first-order valence-electron chi connectivity index (χ1n) is 6.63. The van der Waals surface area contributed by atoms with Crippen LogP contribution < -0.4 is 5.32 Å². The summed E-state index contributed by atoms with van der Waals surface area (Å²) in [7, 11) is 4.40. The summed E-state index contributed by atoms with van der Waals surface area (Å²) in [5.41, 5.74) is 2.91. The summed E-state index contributed by atoms with van der Waals surface area (Å²) in [4.78, 5) is 2.38. The Kier molecular flexibility index (Phi) is 4.19. The molecule has 2 rings (SSSR count). The fraction of sp³-hybridized carbons (Fsp3) is 0.600. The minimum atomic E-state index is 0.545. The van der Waals surface area contributed by atoms with Crippen LogP contribution in [0.2, 0.25) is 0 Å². The molecule has 1 aliphatic heterocycles. The van der Waals surface area contributed by atoms with E-state index < -0.39 is 0 Å². The summed E-state index contributed by atoms with van der Waals surface area (Å²) in [6, 6.07) is 9.35. The van der Waals surface area contributed by atoms with Gasteiger partial charge in [-0.05, 0) is 64.0 Å². The van der Waals surface area contributed by atoms with Crippen molar-refractivity contribution in [2.75, 3.05) is 27.2 Å². The van der Waals surface area contributed by atoms with Crippen molar-refractivity contribution in [2.24, 2.45) is 5.92 Å². The Morgan fingerprint density at radius 3 is 2.65 bits per heavy atom. The van der Waals surface area contributed by atoms with E-state index in [-0.39, 0.29) is 0 Å². The van der Waals surface area contributed by atoms with Crippen molar-refractivity contribution < 1.29 is 0 Å². The maximum atomic E-state index is 3.53. The highest BCUT2D eigenvalue weighted by Crippen LogP contribution is 2.32. The Morgan fingerprint density at radius 2 is 2.06 bits per heavy atom. The summed E-state index contributed by atoms with van der Waals surface area (Å²) in [6.45, 7) is 4.56. The summed E-state index contributed by atoms with van der Waals surface area (Å²) >= 11 is 0. The number of nitrogens with one attached hydrogen (secondary N) is 1. The third-order valence-corrected chi connectivity index (χ3v) is 3.84. The Labute approximate surface area is 105 Å². The lowest BCUT2D eigenvalue weighted by molar-refractivity contribution is 0.180. The predicted molar refractivity (Wildman–Crippen MR) is 73.2 cm³/mol. The first-order chi connectivity index (χ1) is 8.20. The normalized spacial score (nSPS) is 22.7. The van der Waals surface area contributed by atoms with Crippen LogP contribution in [-0.4, -0.2) is 32.1 Å². The van der Waals surface area contributed by atoms with E-state index >= 15 is 0 Å². The fourth-order valence-electron chi connectivity index (χ4n) is 3.02. The fourth-order valence-corrected chi connectivity index (χ4v) is 3.02. The van der Waals surface area contributed by atoms with Crippen LogP contribution in [0.25, 0.3) is 0 Å². The lowest BCUT2D eigenvalue weighted by atomic mass is 9.85. The predicted octanol–water partition coefficient (Wildman–Crippen LogP) is 2.60. The number of hydrogen-bond acceptors (Lipinski definition) is 2. The summed E-state index contributed by atoms with van der Waals surface area (Å²) in [5, 5.41) is 3.53. The van der Waals surface area contributed by atoms with Crippen molar-refractivity contribution in [3.8, 4) is 0 Å². The molecule has 94 valence electrons. The molecule has 1 aliphatic rings. The first-order valence-corrected chi connectivity index (χ1v) is 6.63. The van der Waals surface area contributed by atoms with Gasteiger partial charge in [0.2, 0.25) is 0 Å². The Balaban J connectivity index is 2.25. The second-order valence-electron chi connectivity index (χ2n) is 5.37. The van der Waals surface area contributed by atoms with Crippen molar-refractivity contribution in [3.63, 3.8) is 0 Å². The van der Waals surface area contributed by atoms with Gasteiger partial charge in [-0.1, -0.05) is 24.3 Å². The highest BCUT2D eigenvalue weighted by molar-refractivity contribution is 5.29. The minimum absolute atomic E-state index is 0.545. The van der Waals surface area contributed by atoms with E-state index in [1.54, 1.807) is 0 Å². The van der Waals surface area contributed by atoms with Gasteiger partial charge in [0.1, 0.15) is 0 Å². The van der Waals surface area contributed by atoms with Crippen LogP contribution in [0.3, 0.4) is 0 Å². The second-order valence-corrected chi connectivity index (χ2v) is 5.37. The van der Waals surface area contributed by atoms with Crippen molar-refractivity contribution in [1.82, 2.24) is 10.2 Å². The molecule has 1 saturated heterocycles. The quantitative estimate of drug-likeness (QED) is 0.862. The standard InChI is InChI=1S/C15H24N2/c1-12-7-4-5-9-14(12)15(17(2)3)13-8-6-10-16-11-13/h4-5,7,9,13,15-16H,6,8,10-11H2,1-3H3. The molecule has 1 fully saturated rings. The van der Waals surface area contributed by atoms with Gasteiger partial charge < -0.3 is 10.2 Å². The molecular formula is C15H24N2. The Morgan fingerprint density at radius 1 is 1.29 bits per heavy atom. The zero-order chi connectivity index (χ0) is 12.3. The molecule has 0 radical (unpaired) electrons. The van der Waals surface area contributed by atoms with Gasteiger partial charge in [0.05, 0.1) is 0 Å². The number of benzene rings is 1. The van der Waals surface area contributed by atoms with Gasteiger partial charge in [0.25, 0.3) is 0 Å². The third kappa shape index (κ3) is 2.88. The molecule has 0 spiro atoms. The lowest BCUT2D eigenvalue weighted by Gasteiger charge is -2.36. The molecule has 2 unspecified atom stereocenters. The number of hydrogen-bond donors (Lipinski definition) is 1. The second kappa shape index (κ2) is 5.65. The van der Waals surface area contributed by atoms with Crippen molar-refractivity contribution in [3.05, 3.63) is 35.4 Å². The molecule has 0 amide bonds. The third-order valence-electron chi connectivity index (χ3n) is 3.84. The van der Waals surface area contributed by atoms with E-state index in [1.807, 2.05) is 0 Å². The molecule has 1 N–H and O–H groups in total. The molecule has 2 atom stereocenters. The van der Waals surface area contributed by atoms with Gasteiger partial charge in [0, 0.05) is 6.04 Å². The molecule has 0 saturated carbocycles. The molecule has 2 heteroatoms. The van der Waals surface area contributed by atoms with Crippen molar-refractivity contribution in [1.29, 1.82) is 0 Å². The number of rotatable bonds is 3. The lowest BCUT2D eigenvalue weighted by Crippen LogP contribution is -2.38. The van der Waals surface area contributed by atoms with Crippen LogP contribution in [0, 0.1) is 12.8 Å². The van der Waals surface area contributed by atoms with Crippen LogP contribution in [0.5, 0.6) is 0 Å². The summed E-state index contributed by atoms with van der Waals surface area (Å²) in [5.74, 6) is 0.736. The maximum absolute atomic E-state index is 3.53. The first kappa shape index (κ1) is 12.6. The highest BCUT2D eigenvalue weighted by atomic mass is 15.1. The van der Waals surface area contributed by atoms with Gasteiger partial charge in [0.15, 0.2) is 0 Å². The van der Waals surface area contributed by atoms with Gasteiger partial charge >= 0.3 is 0 Å². The van der Waals surface area contributed by atoms with Crippen molar-refractivity contribution >= 4 is 0 Å². The molecule has 1 heterocycles. The maximum Gasteiger partial charge on any atom is 0.0384 e. The van der Waals surface area contributed by atoms with E-state index in [2.05, 4.69) is 55.5 Å². The van der Waals surface area contributed by atoms with E-state index in [0.29, 0.717) is 6.04 Å². The van der Waals surface area contributed by atoms with Gasteiger partial charge in [-0.15, -0.1) is 0 Å². The van der Waals surface area contributed by atoms with Crippen molar-refractivity contribution in [2.45, 2.75) is 25.8 Å². The Hall–Kier alpha value is -0.860. The number of aryl methyl sites for hydroxylation is 1. The minimum Gasteiger partial charge on any atom is -0.316 e.